The molecule has 1 unspecified atom stereocenters. The zero-order valence-corrected chi connectivity index (χ0v) is 14.4. The molecule has 0 bridgehead atoms. The van der Waals surface area contributed by atoms with Crippen molar-refractivity contribution in [3.8, 4) is 0 Å². The lowest BCUT2D eigenvalue weighted by molar-refractivity contribution is 0.330. The maximum Gasteiger partial charge on any atom is 0.253 e. The van der Waals surface area contributed by atoms with Crippen LogP contribution in [0.3, 0.4) is 0 Å². The highest BCUT2D eigenvalue weighted by Gasteiger charge is 2.35. The minimum Gasteiger partial charge on any atom is -0.315 e. The first-order valence-electron chi connectivity index (χ1n) is 6.85. The molecule has 0 aromatic carbocycles. The van der Waals surface area contributed by atoms with Gasteiger partial charge in [0.15, 0.2) is 0 Å². The molecule has 0 fully saturated rings. The van der Waals surface area contributed by atoms with E-state index in [2.05, 4.69) is 5.32 Å². The predicted octanol–water partition coefficient (Wildman–Crippen LogP) is 2.84. The van der Waals surface area contributed by atoms with Crippen molar-refractivity contribution in [2.75, 3.05) is 13.6 Å². The third-order valence-electron chi connectivity index (χ3n) is 3.77. The Labute approximate surface area is 133 Å². The maximum atomic E-state index is 12.9. The standard InChI is InChI=1S/C14H18N2O2S3/c1-10-12-6-8-19-13(12)5-7-16(10)21(17,18)14-4-3-11(20-14)9-15-2/h3-4,6,8,10,15H,5,7,9H2,1-2H3. The summed E-state index contributed by atoms with van der Waals surface area (Å²) < 4.78 is 27.8. The number of sulfonamides is 1. The minimum atomic E-state index is -3.40. The van der Waals surface area contributed by atoms with Crippen molar-refractivity contribution in [2.45, 2.75) is 30.1 Å². The monoisotopic (exact) mass is 342 g/mol. The van der Waals surface area contributed by atoms with Crippen LogP contribution in [0.4, 0.5) is 0 Å². The zero-order valence-electron chi connectivity index (χ0n) is 12.0. The highest BCUT2D eigenvalue weighted by molar-refractivity contribution is 7.91. The normalized spacial score (nSPS) is 19.6. The number of thiophene rings is 2. The Morgan fingerprint density at radius 3 is 2.95 bits per heavy atom. The second-order valence-electron chi connectivity index (χ2n) is 5.09. The molecule has 3 rings (SSSR count). The van der Waals surface area contributed by atoms with Gasteiger partial charge in [0.05, 0.1) is 0 Å². The average Bonchev–Trinajstić information content (AvgIpc) is 3.08. The zero-order chi connectivity index (χ0) is 15.0. The van der Waals surface area contributed by atoms with Gasteiger partial charge in [-0.05, 0) is 49.5 Å². The molecule has 3 heterocycles. The Morgan fingerprint density at radius 1 is 1.38 bits per heavy atom. The lowest BCUT2D eigenvalue weighted by Crippen LogP contribution is -2.37. The summed E-state index contributed by atoms with van der Waals surface area (Å²) in [5.74, 6) is 0. The van der Waals surface area contributed by atoms with Gasteiger partial charge in [0.25, 0.3) is 10.0 Å². The van der Waals surface area contributed by atoms with Gasteiger partial charge in [0.1, 0.15) is 4.21 Å². The van der Waals surface area contributed by atoms with Gasteiger partial charge in [-0.25, -0.2) is 8.42 Å². The Balaban J connectivity index is 1.91. The number of hydrogen-bond donors (Lipinski definition) is 1. The Morgan fingerprint density at radius 2 is 2.19 bits per heavy atom. The summed E-state index contributed by atoms with van der Waals surface area (Å²) >= 11 is 3.08. The number of hydrogen-bond acceptors (Lipinski definition) is 5. The van der Waals surface area contributed by atoms with Crippen LogP contribution in [0.1, 0.15) is 28.3 Å². The average molecular weight is 343 g/mol. The van der Waals surface area contributed by atoms with Crippen LogP contribution in [0.25, 0.3) is 0 Å². The van der Waals surface area contributed by atoms with Gasteiger partial charge in [-0.1, -0.05) is 0 Å². The van der Waals surface area contributed by atoms with E-state index in [1.807, 2.05) is 31.5 Å². The van der Waals surface area contributed by atoms with Crippen LogP contribution in [0, 0.1) is 0 Å². The smallest absolute Gasteiger partial charge is 0.253 e. The fraction of sp³-hybridized carbons (Fsp3) is 0.429. The van der Waals surface area contributed by atoms with Crippen molar-refractivity contribution in [2.24, 2.45) is 0 Å². The van der Waals surface area contributed by atoms with Gasteiger partial charge >= 0.3 is 0 Å². The molecule has 1 N–H and O–H groups in total. The summed E-state index contributed by atoms with van der Waals surface area (Å²) in [6.45, 7) is 3.24. The molecule has 4 nitrogen and oxygen atoms in total. The first-order valence-corrected chi connectivity index (χ1v) is 9.99. The van der Waals surface area contributed by atoms with E-state index in [9.17, 15) is 8.42 Å². The largest absolute Gasteiger partial charge is 0.315 e. The Kier molecular flexibility index (Phi) is 4.20. The van der Waals surface area contributed by atoms with E-state index in [4.69, 9.17) is 0 Å². The van der Waals surface area contributed by atoms with Crippen LogP contribution in [0.15, 0.2) is 27.8 Å². The van der Waals surface area contributed by atoms with E-state index in [0.29, 0.717) is 17.3 Å². The van der Waals surface area contributed by atoms with Crippen molar-refractivity contribution in [1.82, 2.24) is 9.62 Å². The van der Waals surface area contributed by atoms with Crippen molar-refractivity contribution >= 4 is 32.7 Å². The van der Waals surface area contributed by atoms with Gasteiger partial charge in [0, 0.05) is 28.9 Å². The quantitative estimate of drug-likeness (QED) is 0.929. The van der Waals surface area contributed by atoms with Crippen LogP contribution in [0.5, 0.6) is 0 Å². The van der Waals surface area contributed by atoms with Crippen molar-refractivity contribution in [3.05, 3.63) is 38.9 Å². The molecule has 2 aromatic heterocycles. The van der Waals surface area contributed by atoms with Crippen molar-refractivity contribution < 1.29 is 8.42 Å². The molecule has 0 aliphatic carbocycles. The lowest BCUT2D eigenvalue weighted by Gasteiger charge is -2.32. The summed E-state index contributed by atoms with van der Waals surface area (Å²) in [4.78, 5) is 2.35. The van der Waals surface area contributed by atoms with Gasteiger partial charge in [-0.2, -0.15) is 4.31 Å². The predicted molar refractivity (Wildman–Crippen MR) is 87.4 cm³/mol. The molecule has 0 radical (unpaired) electrons. The van der Waals surface area contributed by atoms with E-state index in [0.717, 1.165) is 16.9 Å². The highest BCUT2D eigenvalue weighted by atomic mass is 32.2. The molecule has 2 aromatic rings. The molecule has 0 amide bonds. The molecule has 0 saturated carbocycles. The molecule has 0 spiro atoms. The molecular weight excluding hydrogens is 324 g/mol. The first kappa shape index (κ1) is 15.2. The summed E-state index contributed by atoms with van der Waals surface area (Å²) in [7, 11) is -1.54. The van der Waals surface area contributed by atoms with Gasteiger partial charge in [-0.3, -0.25) is 0 Å². The van der Waals surface area contributed by atoms with Crippen molar-refractivity contribution in [1.29, 1.82) is 0 Å². The third kappa shape index (κ3) is 2.68. The Bertz CT molecular complexity index is 733. The third-order valence-corrected chi connectivity index (χ3v) is 8.29. The summed E-state index contributed by atoms with van der Waals surface area (Å²) in [5.41, 5.74) is 1.15. The summed E-state index contributed by atoms with van der Waals surface area (Å²) in [6, 6.07) is 5.58. The molecular formula is C14H18N2O2S3. The van der Waals surface area contributed by atoms with Gasteiger partial charge < -0.3 is 5.32 Å². The summed E-state index contributed by atoms with van der Waals surface area (Å²) in [5, 5.41) is 5.10. The van der Waals surface area contributed by atoms with Gasteiger partial charge in [0.2, 0.25) is 0 Å². The topological polar surface area (TPSA) is 49.4 Å². The molecule has 7 heteroatoms. The second-order valence-corrected chi connectivity index (χ2v) is 9.38. The number of fused-ring (bicyclic) bond motifs is 1. The molecule has 114 valence electrons. The Hall–Kier alpha value is -0.730. The van der Waals surface area contributed by atoms with Crippen LogP contribution in [-0.2, 0) is 23.0 Å². The molecule has 1 atom stereocenters. The van der Waals surface area contributed by atoms with E-state index in [-0.39, 0.29) is 6.04 Å². The van der Waals surface area contributed by atoms with Crippen LogP contribution >= 0.6 is 22.7 Å². The van der Waals surface area contributed by atoms with E-state index in [1.54, 1.807) is 21.7 Å². The highest BCUT2D eigenvalue weighted by Crippen LogP contribution is 2.37. The number of nitrogens with one attached hydrogen (secondary N) is 1. The van der Waals surface area contributed by atoms with E-state index >= 15 is 0 Å². The minimum absolute atomic E-state index is 0.0835. The van der Waals surface area contributed by atoms with Crippen molar-refractivity contribution in [3.63, 3.8) is 0 Å². The van der Waals surface area contributed by atoms with E-state index < -0.39 is 10.0 Å². The van der Waals surface area contributed by atoms with E-state index in [1.165, 1.54) is 16.2 Å². The molecule has 21 heavy (non-hydrogen) atoms. The number of rotatable bonds is 4. The maximum absolute atomic E-state index is 12.9. The fourth-order valence-electron chi connectivity index (χ4n) is 2.70. The first-order chi connectivity index (χ1) is 10.0. The second kappa shape index (κ2) is 5.81. The van der Waals surface area contributed by atoms with Gasteiger partial charge in [-0.15, -0.1) is 22.7 Å². The van der Waals surface area contributed by atoms with Crippen LogP contribution in [-0.4, -0.2) is 26.3 Å². The summed E-state index contributed by atoms with van der Waals surface area (Å²) in [6.07, 6.45) is 0.811. The van der Waals surface area contributed by atoms with Crippen LogP contribution < -0.4 is 5.32 Å². The number of nitrogens with zero attached hydrogens (tertiary/aromatic N) is 1. The van der Waals surface area contributed by atoms with Crippen LogP contribution in [0.2, 0.25) is 0 Å². The fourth-order valence-corrected chi connectivity index (χ4v) is 6.77. The molecule has 1 aliphatic heterocycles. The SMILES string of the molecule is CNCc1ccc(S(=O)(=O)N2CCc3sccc3C2C)s1. The molecule has 0 saturated heterocycles. The lowest BCUT2D eigenvalue weighted by atomic mass is 10.0. The molecule has 1 aliphatic rings.